The van der Waals surface area contributed by atoms with Crippen molar-refractivity contribution >= 4 is 0 Å². The second kappa shape index (κ2) is 6.16. The fourth-order valence-electron chi connectivity index (χ4n) is 2.19. The van der Waals surface area contributed by atoms with E-state index in [0.717, 1.165) is 19.4 Å². The third kappa shape index (κ3) is 3.53. The molecule has 0 aromatic rings. The summed E-state index contributed by atoms with van der Waals surface area (Å²) in [5, 5.41) is 3.69. The minimum atomic E-state index is 0.324. The van der Waals surface area contributed by atoms with Gasteiger partial charge in [-0.25, -0.2) is 0 Å². The Kier molecular flexibility index (Phi) is 5.16. The van der Waals surface area contributed by atoms with Gasteiger partial charge in [0.05, 0.1) is 6.26 Å². The first kappa shape index (κ1) is 12.6. The van der Waals surface area contributed by atoms with Gasteiger partial charge < -0.3 is 10.1 Å². The highest BCUT2D eigenvalue weighted by molar-refractivity contribution is 4.88. The van der Waals surface area contributed by atoms with E-state index in [-0.39, 0.29) is 0 Å². The molecule has 2 heteroatoms. The normalized spacial score (nSPS) is 21.4. The van der Waals surface area contributed by atoms with E-state index in [1.54, 1.807) is 0 Å². The Morgan fingerprint density at radius 2 is 1.93 bits per heavy atom. The van der Waals surface area contributed by atoms with E-state index in [2.05, 4.69) is 32.2 Å². The minimum Gasteiger partial charge on any atom is -0.497 e. The third-order valence-corrected chi connectivity index (χ3v) is 3.76. The van der Waals surface area contributed by atoms with Crippen LogP contribution in [0.25, 0.3) is 0 Å². The molecule has 0 spiro atoms. The molecular formula is C13H25NO. The quantitative estimate of drug-likeness (QED) is 0.728. The lowest BCUT2D eigenvalue weighted by Gasteiger charge is -2.34. The van der Waals surface area contributed by atoms with Gasteiger partial charge in [0.15, 0.2) is 0 Å². The van der Waals surface area contributed by atoms with Crippen molar-refractivity contribution in [1.29, 1.82) is 0 Å². The van der Waals surface area contributed by atoms with Crippen LogP contribution in [0.1, 0.15) is 52.9 Å². The summed E-state index contributed by atoms with van der Waals surface area (Å²) >= 11 is 0. The zero-order valence-electron chi connectivity index (χ0n) is 10.4. The summed E-state index contributed by atoms with van der Waals surface area (Å²) in [6.07, 6.45) is 10.2. The average Bonchev–Trinajstić information content (AvgIpc) is 2.33. The molecular weight excluding hydrogens is 186 g/mol. The Bertz CT molecular complexity index is 188. The molecule has 1 rings (SSSR count). The summed E-state index contributed by atoms with van der Waals surface area (Å²) in [6, 6.07) is 0. The molecule has 0 radical (unpaired) electrons. The van der Waals surface area contributed by atoms with Gasteiger partial charge in [-0.05, 0) is 38.2 Å². The van der Waals surface area contributed by atoms with E-state index >= 15 is 0 Å². The van der Waals surface area contributed by atoms with Gasteiger partial charge in [0, 0.05) is 12.1 Å². The Morgan fingerprint density at radius 1 is 1.27 bits per heavy atom. The lowest BCUT2D eigenvalue weighted by atomic mass is 9.89. The molecule has 1 heterocycles. The molecule has 0 aromatic carbocycles. The molecule has 0 saturated heterocycles. The maximum atomic E-state index is 5.56. The van der Waals surface area contributed by atoms with Crippen molar-refractivity contribution < 1.29 is 4.74 Å². The topological polar surface area (TPSA) is 21.3 Å². The fraction of sp³-hybridized carbons (Fsp3) is 0.846. The third-order valence-electron chi connectivity index (χ3n) is 3.76. The zero-order valence-corrected chi connectivity index (χ0v) is 10.4. The smallest absolute Gasteiger partial charge is 0.110 e. The van der Waals surface area contributed by atoms with E-state index in [1.165, 1.54) is 19.3 Å². The van der Waals surface area contributed by atoms with Crippen LogP contribution in [0, 0.1) is 0 Å². The van der Waals surface area contributed by atoms with Crippen LogP contribution in [0.4, 0.5) is 0 Å². The van der Waals surface area contributed by atoms with Crippen LogP contribution < -0.4 is 5.32 Å². The summed E-state index contributed by atoms with van der Waals surface area (Å²) in [4.78, 5) is 0. The summed E-state index contributed by atoms with van der Waals surface area (Å²) < 4.78 is 5.56. The number of rotatable bonds is 6. The first-order chi connectivity index (χ1) is 7.26. The van der Waals surface area contributed by atoms with Crippen LogP contribution in [0.15, 0.2) is 12.3 Å². The highest BCUT2D eigenvalue weighted by Gasteiger charge is 2.24. The van der Waals surface area contributed by atoms with Crippen LogP contribution in [-0.4, -0.2) is 18.2 Å². The summed E-state index contributed by atoms with van der Waals surface area (Å²) in [5.74, 6) is 0. The van der Waals surface area contributed by atoms with Crippen LogP contribution in [0.2, 0.25) is 0 Å². The van der Waals surface area contributed by atoms with Crippen LogP contribution in [0.5, 0.6) is 0 Å². The molecule has 2 nitrogen and oxygen atoms in total. The Morgan fingerprint density at radius 3 is 2.40 bits per heavy atom. The molecule has 0 fully saturated rings. The van der Waals surface area contributed by atoms with Gasteiger partial charge in [-0.3, -0.25) is 0 Å². The van der Waals surface area contributed by atoms with Gasteiger partial charge >= 0.3 is 0 Å². The largest absolute Gasteiger partial charge is 0.497 e. The Labute approximate surface area is 94.1 Å². The monoisotopic (exact) mass is 211 g/mol. The number of hydrogen-bond donors (Lipinski definition) is 1. The molecule has 1 aliphatic heterocycles. The molecule has 1 unspecified atom stereocenters. The first-order valence-electron chi connectivity index (χ1n) is 6.32. The van der Waals surface area contributed by atoms with E-state index in [1.807, 2.05) is 6.26 Å². The van der Waals surface area contributed by atoms with E-state index in [4.69, 9.17) is 4.74 Å². The number of hydrogen-bond acceptors (Lipinski definition) is 2. The van der Waals surface area contributed by atoms with Gasteiger partial charge in [0.2, 0.25) is 0 Å². The molecule has 0 amide bonds. The molecule has 15 heavy (non-hydrogen) atoms. The number of allylic oxidation sites excluding steroid dienone is 1. The van der Waals surface area contributed by atoms with Crippen molar-refractivity contribution in [3.63, 3.8) is 0 Å². The zero-order chi connectivity index (χ0) is 11.1. The molecule has 0 aromatic heterocycles. The molecule has 1 atom stereocenters. The SMILES string of the molecule is CCC(CC)(CC)NCC1CCC=CO1. The van der Waals surface area contributed by atoms with E-state index in [0.29, 0.717) is 11.6 Å². The van der Waals surface area contributed by atoms with Gasteiger partial charge in [-0.1, -0.05) is 20.8 Å². The van der Waals surface area contributed by atoms with Gasteiger partial charge in [0.25, 0.3) is 0 Å². The van der Waals surface area contributed by atoms with Crippen LogP contribution in [0.3, 0.4) is 0 Å². The Balaban J connectivity index is 2.35. The summed E-state index contributed by atoms with van der Waals surface area (Å²) in [6.45, 7) is 7.78. The van der Waals surface area contributed by atoms with Crippen molar-refractivity contribution in [2.45, 2.75) is 64.5 Å². The second-order valence-electron chi connectivity index (χ2n) is 4.43. The average molecular weight is 211 g/mol. The van der Waals surface area contributed by atoms with E-state index < -0.39 is 0 Å². The summed E-state index contributed by atoms with van der Waals surface area (Å²) in [5.41, 5.74) is 0.324. The Hall–Kier alpha value is -0.500. The maximum Gasteiger partial charge on any atom is 0.110 e. The standard InChI is InChI=1S/C13H25NO/c1-4-13(5-2,6-3)14-11-12-9-7-8-10-15-12/h8,10,12,14H,4-7,9,11H2,1-3H3. The van der Waals surface area contributed by atoms with Crippen LogP contribution in [-0.2, 0) is 4.74 Å². The van der Waals surface area contributed by atoms with Crippen molar-refractivity contribution in [2.75, 3.05) is 6.54 Å². The highest BCUT2D eigenvalue weighted by Crippen LogP contribution is 2.20. The number of ether oxygens (including phenoxy) is 1. The van der Waals surface area contributed by atoms with E-state index in [9.17, 15) is 0 Å². The molecule has 88 valence electrons. The maximum absolute atomic E-state index is 5.56. The first-order valence-corrected chi connectivity index (χ1v) is 6.32. The molecule has 0 saturated carbocycles. The number of nitrogens with one attached hydrogen (secondary N) is 1. The molecule has 1 N–H and O–H groups in total. The van der Waals surface area contributed by atoms with Gasteiger partial charge in [0.1, 0.15) is 6.10 Å². The minimum absolute atomic E-state index is 0.324. The molecule has 0 aliphatic carbocycles. The lowest BCUT2D eigenvalue weighted by Crippen LogP contribution is -2.47. The summed E-state index contributed by atoms with van der Waals surface area (Å²) in [7, 11) is 0. The lowest BCUT2D eigenvalue weighted by molar-refractivity contribution is 0.108. The molecule has 1 aliphatic rings. The fourth-order valence-corrected chi connectivity index (χ4v) is 2.19. The highest BCUT2D eigenvalue weighted by atomic mass is 16.5. The molecule has 0 bridgehead atoms. The second-order valence-corrected chi connectivity index (χ2v) is 4.43. The van der Waals surface area contributed by atoms with Crippen molar-refractivity contribution in [2.24, 2.45) is 0 Å². The predicted octanol–water partition coefficient (Wildman–Crippen LogP) is 3.24. The van der Waals surface area contributed by atoms with Crippen molar-refractivity contribution in [1.82, 2.24) is 5.32 Å². The van der Waals surface area contributed by atoms with Crippen molar-refractivity contribution in [3.05, 3.63) is 12.3 Å². The van der Waals surface area contributed by atoms with Crippen molar-refractivity contribution in [3.8, 4) is 0 Å². The van der Waals surface area contributed by atoms with Crippen LogP contribution >= 0.6 is 0 Å². The van der Waals surface area contributed by atoms with Gasteiger partial charge in [-0.2, -0.15) is 0 Å². The predicted molar refractivity (Wildman–Crippen MR) is 64.9 cm³/mol. The van der Waals surface area contributed by atoms with Gasteiger partial charge in [-0.15, -0.1) is 0 Å².